The van der Waals surface area contributed by atoms with E-state index in [9.17, 15) is 23.1 Å². The van der Waals surface area contributed by atoms with Gasteiger partial charge in [0.15, 0.2) is 6.29 Å². The zero-order valence-corrected chi connectivity index (χ0v) is 23.6. The Bertz CT molecular complexity index is 1510. The van der Waals surface area contributed by atoms with E-state index in [1.807, 2.05) is 13.1 Å². The molecule has 12 nitrogen and oxygen atoms in total. The summed E-state index contributed by atoms with van der Waals surface area (Å²) in [6.07, 6.45) is 4.64. The molecule has 0 fully saturated rings. The lowest BCUT2D eigenvalue weighted by atomic mass is 10.0. The minimum Gasteiger partial charge on any atom is -0.478 e. The van der Waals surface area contributed by atoms with E-state index in [1.54, 1.807) is 44.3 Å². The number of aliphatic carboxylic acids is 1. The summed E-state index contributed by atoms with van der Waals surface area (Å²) in [6, 6.07) is 8.17. The van der Waals surface area contributed by atoms with Gasteiger partial charge in [0.1, 0.15) is 0 Å². The van der Waals surface area contributed by atoms with Crippen LogP contribution in [0.5, 0.6) is 0 Å². The number of rotatable bonds is 12. The van der Waals surface area contributed by atoms with Crippen LogP contribution in [0, 0.1) is 20.8 Å². The van der Waals surface area contributed by atoms with Gasteiger partial charge in [-0.25, -0.2) is 13.2 Å². The molecule has 2 atom stereocenters. The van der Waals surface area contributed by atoms with E-state index in [-0.39, 0.29) is 23.2 Å². The van der Waals surface area contributed by atoms with E-state index < -0.39 is 27.6 Å². The van der Waals surface area contributed by atoms with Gasteiger partial charge in [-0.15, -0.1) is 0 Å². The molecule has 0 bridgehead atoms. The standard InChI is InChI=1S/C27H35N7O5S/c1-17-13-18(2)23(19(3)14-17)40(38,39)34-27(25(36)37,9-4-5-10-28-26-29-11-6-12-30-26)32-24(35)20-7-8-22-21(15-20)16-31-33-22/h7-8,11,13-16,26,28,30,34H,4-6,9-10,12H2,1-3H3,(H,31,33)(H,32,35)(H,36,37). The summed E-state index contributed by atoms with van der Waals surface area (Å²) in [5.41, 5.74) is 0.412. The molecule has 1 aliphatic rings. The lowest BCUT2D eigenvalue weighted by Crippen LogP contribution is -2.65. The zero-order valence-electron chi connectivity index (χ0n) is 22.7. The van der Waals surface area contributed by atoms with E-state index in [0.29, 0.717) is 41.4 Å². The molecule has 2 unspecified atom stereocenters. The predicted octanol–water partition coefficient (Wildman–Crippen LogP) is 2.08. The Morgan fingerprint density at radius 1 is 1.12 bits per heavy atom. The fraction of sp³-hybridized carbons (Fsp3) is 0.407. The molecule has 4 rings (SSSR count). The first-order valence-corrected chi connectivity index (χ1v) is 14.6. The largest absolute Gasteiger partial charge is 0.478 e. The van der Waals surface area contributed by atoms with Crippen LogP contribution >= 0.6 is 0 Å². The van der Waals surface area contributed by atoms with Crippen LogP contribution in [0.3, 0.4) is 0 Å². The van der Waals surface area contributed by atoms with Crippen molar-refractivity contribution in [2.75, 3.05) is 13.1 Å². The summed E-state index contributed by atoms with van der Waals surface area (Å²) >= 11 is 0. The van der Waals surface area contributed by atoms with Crippen LogP contribution in [0.15, 0.2) is 46.4 Å². The van der Waals surface area contributed by atoms with Crippen molar-refractivity contribution in [3.63, 3.8) is 0 Å². The van der Waals surface area contributed by atoms with Gasteiger partial charge < -0.3 is 10.4 Å². The van der Waals surface area contributed by atoms with Crippen molar-refractivity contribution >= 4 is 39.0 Å². The van der Waals surface area contributed by atoms with Gasteiger partial charge in [-0.05, 0) is 82.3 Å². The maximum absolute atomic E-state index is 13.7. The zero-order chi connectivity index (χ0) is 28.9. The Hall–Kier alpha value is -3.65. The third kappa shape index (κ3) is 6.73. The molecular weight excluding hydrogens is 534 g/mol. The Balaban J connectivity index is 1.60. The second kappa shape index (κ2) is 12.3. The number of H-pyrrole nitrogens is 1. The number of carbonyl (C=O) groups excluding carboxylic acids is 1. The van der Waals surface area contributed by atoms with Crippen molar-refractivity contribution in [3.8, 4) is 0 Å². The summed E-state index contributed by atoms with van der Waals surface area (Å²) in [6.45, 7) is 6.48. The highest BCUT2D eigenvalue weighted by Gasteiger charge is 2.44. The Labute approximate surface area is 233 Å². The molecule has 0 aliphatic carbocycles. The number of benzene rings is 2. The number of carboxylic acid groups (broad SMARTS) is 1. The summed E-state index contributed by atoms with van der Waals surface area (Å²) in [4.78, 5) is 30.4. The van der Waals surface area contributed by atoms with Crippen LogP contribution in [0.4, 0.5) is 0 Å². The molecule has 1 aliphatic heterocycles. The molecular formula is C27H35N7O5S. The second-order valence-corrected chi connectivity index (χ2v) is 11.7. The average molecular weight is 570 g/mol. The molecule has 0 saturated heterocycles. The molecule has 2 aromatic carbocycles. The first-order valence-electron chi connectivity index (χ1n) is 13.1. The van der Waals surface area contributed by atoms with Crippen molar-refractivity contribution in [1.82, 2.24) is 30.9 Å². The maximum Gasteiger partial charge on any atom is 0.345 e. The molecule has 1 amide bonds. The second-order valence-electron chi connectivity index (χ2n) is 10.1. The fourth-order valence-electron chi connectivity index (χ4n) is 4.96. The number of aromatic amines is 1. The quantitative estimate of drug-likeness (QED) is 0.142. The Morgan fingerprint density at radius 2 is 1.88 bits per heavy atom. The van der Waals surface area contributed by atoms with E-state index >= 15 is 0 Å². The number of hydrogen-bond acceptors (Lipinski definition) is 8. The van der Waals surface area contributed by atoms with E-state index in [0.717, 1.165) is 18.5 Å². The third-order valence-electron chi connectivity index (χ3n) is 6.76. The normalized spacial score (nSPS) is 17.0. The number of hydrogen-bond donors (Lipinski definition) is 6. The number of carbonyl (C=O) groups is 2. The monoisotopic (exact) mass is 569 g/mol. The van der Waals surface area contributed by atoms with Gasteiger partial charge >= 0.3 is 5.97 Å². The van der Waals surface area contributed by atoms with Crippen molar-refractivity contribution < 1.29 is 23.1 Å². The number of aryl methyl sites for hydroxylation is 3. The number of nitrogens with one attached hydrogen (secondary N) is 5. The number of carboxylic acids is 1. The minimum absolute atomic E-state index is 0.0132. The number of sulfonamides is 1. The highest BCUT2D eigenvalue weighted by atomic mass is 32.2. The molecule has 3 aromatic rings. The molecule has 40 heavy (non-hydrogen) atoms. The van der Waals surface area contributed by atoms with Crippen LogP contribution in [-0.4, -0.2) is 66.9 Å². The smallest absolute Gasteiger partial charge is 0.345 e. The van der Waals surface area contributed by atoms with Crippen LogP contribution in [-0.2, 0) is 14.8 Å². The highest BCUT2D eigenvalue weighted by molar-refractivity contribution is 7.89. The summed E-state index contributed by atoms with van der Waals surface area (Å²) < 4.78 is 29.7. The van der Waals surface area contributed by atoms with Crippen LogP contribution in [0.2, 0.25) is 0 Å². The number of aromatic nitrogens is 2. The van der Waals surface area contributed by atoms with Gasteiger partial charge in [-0.2, -0.15) is 9.82 Å². The topological polar surface area (TPSA) is 178 Å². The number of aliphatic imine (C=N–C) groups is 1. The molecule has 6 N–H and O–H groups in total. The van der Waals surface area contributed by atoms with Gasteiger partial charge in [0, 0.05) is 23.7 Å². The number of unbranched alkanes of at least 4 members (excludes halogenated alkanes) is 1. The molecule has 0 saturated carbocycles. The van der Waals surface area contributed by atoms with Gasteiger partial charge in [0.25, 0.3) is 5.91 Å². The summed E-state index contributed by atoms with van der Waals surface area (Å²) in [5, 5.41) is 26.7. The van der Waals surface area contributed by atoms with E-state index in [1.165, 1.54) is 6.07 Å². The van der Waals surface area contributed by atoms with Crippen LogP contribution in [0.25, 0.3) is 10.9 Å². The molecule has 214 valence electrons. The number of amides is 1. The van der Waals surface area contributed by atoms with Crippen molar-refractivity contribution in [2.24, 2.45) is 4.99 Å². The van der Waals surface area contributed by atoms with Gasteiger partial charge in [0.2, 0.25) is 15.7 Å². The van der Waals surface area contributed by atoms with E-state index in [4.69, 9.17) is 0 Å². The summed E-state index contributed by atoms with van der Waals surface area (Å²) in [7, 11) is -4.36. The Kier molecular flexibility index (Phi) is 8.98. The minimum atomic E-state index is -4.36. The van der Waals surface area contributed by atoms with E-state index in [2.05, 4.69) is 35.9 Å². The van der Waals surface area contributed by atoms with Gasteiger partial charge in [-0.3, -0.25) is 25.5 Å². The Morgan fingerprint density at radius 3 is 2.55 bits per heavy atom. The molecule has 13 heteroatoms. The number of nitrogens with zero attached hydrogens (tertiary/aromatic N) is 2. The first-order chi connectivity index (χ1) is 19.0. The van der Waals surface area contributed by atoms with Gasteiger partial charge in [0.05, 0.1) is 16.6 Å². The molecule has 2 heterocycles. The average Bonchev–Trinajstić information content (AvgIpc) is 3.36. The fourth-order valence-corrected chi connectivity index (χ4v) is 6.73. The lowest BCUT2D eigenvalue weighted by Gasteiger charge is -2.32. The third-order valence-corrected chi connectivity index (χ3v) is 8.56. The maximum atomic E-state index is 13.7. The van der Waals surface area contributed by atoms with Gasteiger partial charge in [-0.1, -0.05) is 17.7 Å². The summed E-state index contributed by atoms with van der Waals surface area (Å²) in [5.74, 6) is -2.24. The molecule has 0 radical (unpaired) electrons. The highest BCUT2D eigenvalue weighted by Crippen LogP contribution is 2.25. The van der Waals surface area contributed by atoms with Crippen molar-refractivity contribution in [1.29, 1.82) is 0 Å². The first kappa shape index (κ1) is 29.3. The number of fused-ring (bicyclic) bond motifs is 1. The molecule has 1 aromatic heterocycles. The van der Waals surface area contributed by atoms with Crippen LogP contribution < -0.4 is 20.7 Å². The van der Waals surface area contributed by atoms with Crippen molar-refractivity contribution in [2.45, 2.75) is 63.3 Å². The molecule has 0 spiro atoms. The SMILES string of the molecule is Cc1cc(C)c(S(=O)(=O)NC(CCCCNC2N=CCCN2)(NC(=O)c2ccc3[nH]ncc3c2)C(=O)O)c(C)c1. The lowest BCUT2D eigenvalue weighted by molar-refractivity contribution is -0.145. The predicted molar refractivity (Wildman–Crippen MR) is 152 cm³/mol. The van der Waals surface area contributed by atoms with Crippen LogP contribution in [0.1, 0.15) is 52.7 Å². The van der Waals surface area contributed by atoms with Crippen molar-refractivity contribution in [3.05, 3.63) is 58.8 Å².